The molecule has 0 atom stereocenters. The van der Waals surface area contributed by atoms with Gasteiger partial charge in [-0.05, 0) is 66.2 Å². The van der Waals surface area contributed by atoms with E-state index in [0.29, 0.717) is 44.0 Å². The van der Waals surface area contributed by atoms with Gasteiger partial charge in [0.2, 0.25) is 12.7 Å². The highest BCUT2D eigenvalue weighted by atomic mass is 35.5. The summed E-state index contributed by atoms with van der Waals surface area (Å²) in [6.07, 6.45) is 1.48. The SMILES string of the molecule is O=C(CSc1cccc(NC(=O)/C(=C\c2ccc(Cl)cc2Cl)NC(=O)c2ccccc2)c1)Nc1ccc2c(c1)OCO2. The van der Waals surface area contributed by atoms with Crippen molar-refractivity contribution in [2.45, 2.75) is 4.90 Å². The van der Waals surface area contributed by atoms with E-state index in [0.717, 1.165) is 4.90 Å². The van der Waals surface area contributed by atoms with Gasteiger partial charge in [0.15, 0.2) is 11.5 Å². The number of carbonyl (C=O) groups is 3. The minimum Gasteiger partial charge on any atom is -0.454 e. The minimum absolute atomic E-state index is 0.0192. The van der Waals surface area contributed by atoms with Gasteiger partial charge in [-0.1, -0.05) is 53.5 Å². The maximum Gasteiger partial charge on any atom is 0.272 e. The van der Waals surface area contributed by atoms with Crippen molar-refractivity contribution in [2.24, 2.45) is 0 Å². The number of anilines is 2. The molecule has 0 spiro atoms. The molecule has 42 heavy (non-hydrogen) atoms. The Bertz CT molecular complexity index is 1680. The molecule has 11 heteroatoms. The molecule has 0 aromatic heterocycles. The summed E-state index contributed by atoms with van der Waals surface area (Å²) >= 11 is 13.6. The van der Waals surface area contributed by atoms with Crippen molar-refractivity contribution in [3.8, 4) is 11.5 Å². The minimum atomic E-state index is -0.562. The van der Waals surface area contributed by atoms with Crippen molar-refractivity contribution in [3.05, 3.63) is 118 Å². The molecular weight excluding hydrogens is 597 g/mol. The van der Waals surface area contributed by atoms with Gasteiger partial charge in [-0.15, -0.1) is 11.8 Å². The molecule has 8 nitrogen and oxygen atoms in total. The smallest absolute Gasteiger partial charge is 0.272 e. The number of fused-ring (bicyclic) bond motifs is 1. The van der Waals surface area contributed by atoms with Crippen molar-refractivity contribution in [1.82, 2.24) is 5.32 Å². The second-order valence-electron chi connectivity index (χ2n) is 8.93. The first-order chi connectivity index (χ1) is 20.3. The zero-order valence-corrected chi connectivity index (χ0v) is 24.2. The van der Waals surface area contributed by atoms with Crippen molar-refractivity contribution in [1.29, 1.82) is 0 Å². The number of carbonyl (C=O) groups excluding carboxylic acids is 3. The molecule has 4 aromatic rings. The number of halogens is 2. The second-order valence-corrected chi connectivity index (χ2v) is 10.8. The lowest BCUT2D eigenvalue weighted by Gasteiger charge is -2.13. The summed E-state index contributed by atoms with van der Waals surface area (Å²) in [6.45, 7) is 0.154. The highest BCUT2D eigenvalue weighted by Crippen LogP contribution is 2.34. The summed E-state index contributed by atoms with van der Waals surface area (Å²) in [5.41, 5.74) is 1.94. The van der Waals surface area contributed by atoms with Crippen LogP contribution in [-0.2, 0) is 9.59 Å². The topological polar surface area (TPSA) is 106 Å². The van der Waals surface area contributed by atoms with Crippen LogP contribution in [0.5, 0.6) is 11.5 Å². The van der Waals surface area contributed by atoms with E-state index >= 15 is 0 Å². The van der Waals surface area contributed by atoms with Crippen LogP contribution in [0.2, 0.25) is 10.0 Å². The Morgan fingerprint density at radius 1 is 0.810 bits per heavy atom. The summed E-state index contributed by atoms with van der Waals surface area (Å²) in [7, 11) is 0. The molecule has 4 aromatic carbocycles. The monoisotopic (exact) mass is 619 g/mol. The maximum atomic E-state index is 13.4. The summed E-state index contributed by atoms with van der Waals surface area (Å²) < 4.78 is 10.6. The first-order valence-electron chi connectivity index (χ1n) is 12.6. The summed E-state index contributed by atoms with van der Waals surface area (Å²) in [6, 6.07) is 25.6. The van der Waals surface area contributed by atoms with Crippen LogP contribution in [-0.4, -0.2) is 30.3 Å². The second kappa shape index (κ2) is 13.5. The zero-order valence-electron chi connectivity index (χ0n) is 21.9. The third-order valence-electron chi connectivity index (χ3n) is 5.91. The van der Waals surface area contributed by atoms with Crippen LogP contribution in [0.4, 0.5) is 11.4 Å². The van der Waals surface area contributed by atoms with E-state index in [1.54, 1.807) is 84.9 Å². The molecule has 3 amide bonds. The molecule has 1 heterocycles. The predicted molar refractivity (Wildman–Crippen MR) is 165 cm³/mol. The average Bonchev–Trinajstić information content (AvgIpc) is 3.45. The molecule has 1 aliphatic rings. The van der Waals surface area contributed by atoms with Crippen molar-refractivity contribution < 1.29 is 23.9 Å². The fourth-order valence-corrected chi connectivity index (χ4v) is 5.12. The number of nitrogens with one attached hydrogen (secondary N) is 3. The number of hydrogen-bond acceptors (Lipinski definition) is 6. The largest absolute Gasteiger partial charge is 0.454 e. The Kier molecular flexibility index (Phi) is 9.33. The van der Waals surface area contributed by atoms with Crippen LogP contribution in [0, 0.1) is 0 Å². The van der Waals surface area contributed by atoms with E-state index in [1.807, 2.05) is 6.07 Å². The summed E-state index contributed by atoms with van der Waals surface area (Å²) in [5, 5.41) is 9.09. The highest BCUT2D eigenvalue weighted by molar-refractivity contribution is 8.00. The quantitative estimate of drug-likeness (QED) is 0.140. The maximum absolute atomic E-state index is 13.4. The normalized spacial score (nSPS) is 12.0. The van der Waals surface area contributed by atoms with E-state index in [1.165, 1.54) is 17.8 Å². The fourth-order valence-electron chi connectivity index (χ4n) is 3.90. The molecular formula is C31H23Cl2N3O5S. The molecule has 0 bridgehead atoms. The number of amides is 3. The van der Waals surface area contributed by atoms with Gasteiger partial charge in [0.25, 0.3) is 11.8 Å². The summed E-state index contributed by atoms with van der Waals surface area (Å²) in [5.74, 6) is 0.125. The lowest BCUT2D eigenvalue weighted by molar-refractivity contribution is -0.114. The Morgan fingerprint density at radius 2 is 1.60 bits per heavy atom. The number of ether oxygens (including phenoxy) is 2. The van der Waals surface area contributed by atoms with Crippen LogP contribution >= 0.6 is 35.0 Å². The summed E-state index contributed by atoms with van der Waals surface area (Å²) in [4.78, 5) is 39.6. The fraction of sp³-hybridized carbons (Fsp3) is 0.0645. The van der Waals surface area contributed by atoms with Crippen molar-refractivity contribution in [2.75, 3.05) is 23.2 Å². The number of benzene rings is 4. The van der Waals surface area contributed by atoms with Gasteiger partial charge in [0.1, 0.15) is 5.70 Å². The van der Waals surface area contributed by atoms with Crippen LogP contribution < -0.4 is 25.4 Å². The van der Waals surface area contributed by atoms with Crippen LogP contribution in [0.1, 0.15) is 15.9 Å². The van der Waals surface area contributed by atoms with E-state index in [-0.39, 0.29) is 24.2 Å². The number of hydrogen-bond donors (Lipinski definition) is 3. The van der Waals surface area contributed by atoms with Crippen molar-refractivity contribution in [3.63, 3.8) is 0 Å². The Balaban J connectivity index is 1.26. The molecule has 5 rings (SSSR count). The number of thioether (sulfide) groups is 1. The van der Waals surface area contributed by atoms with E-state index < -0.39 is 11.8 Å². The lowest BCUT2D eigenvalue weighted by Crippen LogP contribution is -2.30. The molecule has 0 fully saturated rings. The Labute approximate surface area is 256 Å². The van der Waals surface area contributed by atoms with Gasteiger partial charge in [0.05, 0.1) is 5.75 Å². The first kappa shape index (κ1) is 29.1. The first-order valence-corrected chi connectivity index (χ1v) is 14.3. The highest BCUT2D eigenvalue weighted by Gasteiger charge is 2.17. The average molecular weight is 621 g/mol. The zero-order chi connectivity index (χ0) is 29.5. The van der Waals surface area contributed by atoms with E-state index in [4.69, 9.17) is 32.7 Å². The Hall–Kier alpha value is -4.44. The van der Waals surface area contributed by atoms with Gasteiger partial charge < -0.3 is 25.4 Å². The molecule has 212 valence electrons. The van der Waals surface area contributed by atoms with Gasteiger partial charge in [-0.25, -0.2) is 0 Å². The molecule has 0 unspecified atom stereocenters. The molecule has 0 radical (unpaired) electrons. The predicted octanol–water partition coefficient (Wildman–Crippen LogP) is 6.86. The van der Waals surface area contributed by atoms with Crippen LogP contribution in [0.25, 0.3) is 6.08 Å². The number of rotatable bonds is 9. The van der Waals surface area contributed by atoms with Gasteiger partial charge in [-0.2, -0.15) is 0 Å². The standard InChI is InChI=1S/C31H23Cl2N3O5S/c32-21-10-9-20(25(33)14-21)13-26(36-30(38)19-5-2-1-3-6-19)31(39)35-22-7-4-8-24(15-22)42-17-29(37)34-23-11-12-27-28(16-23)41-18-40-27/h1-16H,17-18H2,(H,34,37)(H,35,39)(H,36,38)/b26-13+. The van der Waals surface area contributed by atoms with Crippen LogP contribution in [0.15, 0.2) is 102 Å². The molecule has 0 saturated carbocycles. The lowest BCUT2D eigenvalue weighted by atomic mass is 10.1. The molecule has 0 aliphatic carbocycles. The third kappa shape index (κ3) is 7.64. The molecule has 1 aliphatic heterocycles. The van der Waals surface area contributed by atoms with Gasteiger partial charge >= 0.3 is 0 Å². The van der Waals surface area contributed by atoms with Gasteiger partial charge in [0, 0.05) is 37.9 Å². The van der Waals surface area contributed by atoms with Crippen molar-refractivity contribution >= 4 is 70.1 Å². The van der Waals surface area contributed by atoms with E-state index in [2.05, 4.69) is 16.0 Å². The van der Waals surface area contributed by atoms with Gasteiger partial charge in [-0.3, -0.25) is 14.4 Å². The Morgan fingerprint density at radius 3 is 2.40 bits per heavy atom. The molecule has 0 saturated heterocycles. The third-order valence-corrected chi connectivity index (χ3v) is 7.47. The van der Waals surface area contributed by atoms with Crippen LogP contribution in [0.3, 0.4) is 0 Å². The van der Waals surface area contributed by atoms with E-state index in [9.17, 15) is 14.4 Å². The molecule has 3 N–H and O–H groups in total.